The molecule has 4 unspecified atom stereocenters. The van der Waals surface area contributed by atoms with Crippen LogP contribution in [0.15, 0.2) is 0 Å². The van der Waals surface area contributed by atoms with Crippen LogP contribution in [0.25, 0.3) is 0 Å². The third kappa shape index (κ3) is 2.42. The molecule has 6 nitrogen and oxygen atoms in total. The molecule has 0 bridgehead atoms. The molecule has 5 atom stereocenters. The molecule has 2 aliphatic rings. The first-order valence-electron chi connectivity index (χ1n) is 7.62. The van der Waals surface area contributed by atoms with E-state index in [1.54, 1.807) is 0 Å². The fraction of sp³-hybridized carbons (Fsp3) is 0.857. The van der Waals surface area contributed by atoms with E-state index in [1.807, 2.05) is 0 Å². The zero-order chi connectivity index (χ0) is 14.3. The van der Waals surface area contributed by atoms with Gasteiger partial charge in [0.15, 0.2) is 0 Å². The molecule has 3 heterocycles. The lowest BCUT2D eigenvalue weighted by Gasteiger charge is -2.30. The number of ether oxygens (including phenoxy) is 1. The zero-order valence-electron chi connectivity index (χ0n) is 12.8. The zero-order valence-corrected chi connectivity index (χ0v) is 12.8. The maximum atomic E-state index is 5.90. The molecule has 0 saturated carbocycles. The molecule has 0 spiro atoms. The van der Waals surface area contributed by atoms with Gasteiger partial charge < -0.3 is 15.0 Å². The molecule has 0 aliphatic carbocycles. The maximum Gasteiger partial charge on any atom is 0.244 e. The Labute approximate surface area is 120 Å². The van der Waals surface area contributed by atoms with E-state index in [2.05, 4.69) is 48.1 Å². The van der Waals surface area contributed by atoms with E-state index in [4.69, 9.17) is 9.72 Å². The Morgan fingerprint density at radius 3 is 2.65 bits per heavy atom. The Balaban J connectivity index is 1.76. The number of piperazine rings is 1. The van der Waals surface area contributed by atoms with Crippen LogP contribution >= 0.6 is 0 Å². The molecule has 1 aromatic rings. The van der Waals surface area contributed by atoms with Gasteiger partial charge in [0.25, 0.3) is 0 Å². The second kappa shape index (κ2) is 5.33. The lowest BCUT2D eigenvalue weighted by Crippen LogP contribution is -2.49. The smallest absolute Gasteiger partial charge is 0.244 e. The summed E-state index contributed by atoms with van der Waals surface area (Å²) >= 11 is 0. The maximum absolute atomic E-state index is 5.90. The highest BCUT2D eigenvalue weighted by Gasteiger charge is 2.40. The Morgan fingerprint density at radius 1 is 1.20 bits per heavy atom. The summed E-state index contributed by atoms with van der Waals surface area (Å²) in [6, 6.07) is 0.485. The fourth-order valence-electron chi connectivity index (χ4n) is 3.41. The molecule has 0 aromatic carbocycles. The van der Waals surface area contributed by atoms with E-state index in [1.165, 1.54) is 0 Å². The summed E-state index contributed by atoms with van der Waals surface area (Å²) in [6.45, 7) is 11.6. The third-order valence-corrected chi connectivity index (χ3v) is 4.70. The second-order valence-electron chi connectivity index (χ2n) is 6.25. The lowest BCUT2D eigenvalue weighted by molar-refractivity contribution is 0.0553. The predicted octanol–water partition coefficient (Wildman–Crippen LogP) is 1.13. The number of nitrogens with zero attached hydrogens (tertiary/aromatic N) is 3. The molecule has 2 fully saturated rings. The van der Waals surface area contributed by atoms with Crippen molar-refractivity contribution in [3.63, 3.8) is 0 Å². The van der Waals surface area contributed by atoms with Crippen LogP contribution in [0.3, 0.4) is 0 Å². The highest BCUT2D eigenvalue weighted by Crippen LogP contribution is 2.38. The summed E-state index contributed by atoms with van der Waals surface area (Å²) in [4.78, 5) is 6.98. The van der Waals surface area contributed by atoms with Gasteiger partial charge in [-0.05, 0) is 26.7 Å². The Bertz CT molecular complexity index is 462. The van der Waals surface area contributed by atoms with Gasteiger partial charge in [0.05, 0.1) is 12.2 Å². The molecule has 0 radical (unpaired) electrons. The Kier molecular flexibility index (Phi) is 3.69. The van der Waals surface area contributed by atoms with E-state index in [9.17, 15) is 0 Å². The number of nitrogens with one attached hydrogen (secondary N) is 2. The van der Waals surface area contributed by atoms with Crippen molar-refractivity contribution < 1.29 is 4.74 Å². The summed E-state index contributed by atoms with van der Waals surface area (Å²) in [5, 5.41) is 11.0. The molecule has 6 heteroatoms. The van der Waals surface area contributed by atoms with Crippen LogP contribution in [0.2, 0.25) is 0 Å². The first-order valence-corrected chi connectivity index (χ1v) is 7.62. The average Bonchev–Trinajstić information content (AvgIpc) is 2.96. The average molecular weight is 279 g/mol. The van der Waals surface area contributed by atoms with Crippen LogP contribution in [0, 0.1) is 5.92 Å². The van der Waals surface area contributed by atoms with Gasteiger partial charge in [-0.1, -0.05) is 6.92 Å². The highest BCUT2D eigenvalue weighted by atomic mass is 16.5. The number of hydrogen-bond donors (Lipinski definition) is 2. The van der Waals surface area contributed by atoms with Crippen LogP contribution < -0.4 is 10.2 Å². The SMILES string of the molecule is CC1OC(C)C(c2nc(N3CCN[C@@H](C)C3)n[nH]2)C1C. The molecular weight excluding hydrogens is 254 g/mol. The number of hydrogen-bond acceptors (Lipinski definition) is 5. The van der Waals surface area contributed by atoms with Crippen molar-refractivity contribution in [1.29, 1.82) is 0 Å². The van der Waals surface area contributed by atoms with E-state index in [0.29, 0.717) is 17.9 Å². The van der Waals surface area contributed by atoms with Crippen molar-refractivity contribution >= 4 is 5.95 Å². The highest BCUT2D eigenvalue weighted by molar-refractivity contribution is 5.31. The minimum atomic E-state index is 0.197. The molecule has 20 heavy (non-hydrogen) atoms. The normalized spacial score (nSPS) is 38.4. The largest absolute Gasteiger partial charge is 0.374 e. The molecule has 2 saturated heterocycles. The number of H-pyrrole nitrogens is 1. The molecule has 112 valence electrons. The number of aromatic nitrogens is 3. The van der Waals surface area contributed by atoms with Gasteiger partial charge >= 0.3 is 0 Å². The third-order valence-electron chi connectivity index (χ3n) is 4.70. The van der Waals surface area contributed by atoms with Crippen LogP contribution in [0.1, 0.15) is 39.4 Å². The first kappa shape index (κ1) is 13.8. The molecular formula is C14H25N5O. The van der Waals surface area contributed by atoms with E-state index >= 15 is 0 Å². The van der Waals surface area contributed by atoms with E-state index in [0.717, 1.165) is 31.4 Å². The fourth-order valence-corrected chi connectivity index (χ4v) is 3.41. The van der Waals surface area contributed by atoms with Gasteiger partial charge in [-0.15, -0.1) is 5.10 Å². The van der Waals surface area contributed by atoms with Crippen molar-refractivity contribution in [2.45, 2.75) is 51.9 Å². The van der Waals surface area contributed by atoms with Crippen molar-refractivity contribution in [1.82, 2.24) is 20.5 Å². The molecule has 0 amide bonds. The Hall–Kier alpha value is -1.14. The molecule has 1 aromatic heterocycles. The van der Waals surface area contributed by atoms with Crippen molar-refractivity contribution in [2.75, 3.05) is 24.5 Å². The molecule has 2 N–H and O–H groups in total. The minimum absolute atomic E-state index is 0.197. The van der Waals surface area contributed by atoms with E-state index < -0.39 is 0 Å². The van der Waals surface area contributed by atoms with Crippen LogP contribution in [-0.4, -0.2) is 53.1 Å². The predicted molar refractivity (Wildman–Crippen MR) is 78.0 cm³/mol. The number of anilines is 1. The van der Waals surface area contributed by atoms with Gasteiger partial charge in [0.1, 0.15) is 5.82 Å². The van der Waals surface area contributed by atoms with Crippen LogP contribution in [-0.2, 0) is 4.74 Å². The summed E-state index contributed by atoms with van der Waals surface area (Å²) in [5.41, 5.74) is 0. The number of rotatable bonds is 2. The first-order chi connectivity index (χ1) is 9.56. The van der Waals surface area contributed by atoms with Gasteiger partial charge in [-0.25, -0.2) is 0 Å². The van der Waals surface area contributed by atoms with Crippen molar-refractivity contribution in [2.24, 2.45) is 5.92 Å². The van der Waals surface area contributed by atoms with E-state index in [-0.39, 0.29) is 12.2 Å². The lowest BCUT2D eigenvalue weighted by atomic mass is 9.89. The molecule has 2 aliphatic heterocycles. The number of aromatic amines is 1. The summed E-state index contributed by atoms with van der Waals surface area (Å²) in [7, 11) is 0. The Morgan fingerprint density at radius 2 is 2.00 bits per heavy atom. The monoisotopic (exact) mass is 279 g/mol. The second-order valence-corrected chi connectivity index (χ2v) is 6.25. The quantitative estimate of drug-likeness (QED) is 0.849. The van der Waals surface area contributed by atoms with Crippen molar-refractivity contribution in [3.05, 3.63) is 5.82 Å². The topological polar surface area (TPSA) is 66.1 Å². The van der Waals surface area contributed by atoms with Gasteiger partial charge in [0, 0.05) is 31.6 Å². The van der Waals surface area contributed by atoms with Gasteiger partial charge in [0.2, 0.25) is 5.95 Å². The van der Waals surface area contributed by atoms with Gasteiger partial charge in [-0.3, -0.25) is 5.10 Å². The minimum Gasteiger partial charge on any atom is -0.374 e. The summed E-state index contributed by atoms with van der Waals surface area (Å²) < 4.78 is 5.90. The standard InChI is InChI=1S/C14H25N5O/c1-8-7-19(6-5-15-8)14-16-13(17-18-14)12-9(2)10(3)20-11(12)4/h8-12,15H,5-7H2,1-4H3,(H,16,17,18)/t8-,9?,10?,11?,12?/m0/s1. The van der Waals surface area contributed by atoms with Crippen LogP contribution in [0.5, 0.6) is 0 Å². The summed E-state index contributed by atoms with van der Waals surface area (Å²) in [6.07, 6.45) is 0.477. The van der Waals surface area contributed by atoms with Gasteiger partial charge in [-0.2, -0.15) is 4.98 Å². The van der Waals surface area contributed by atoms with Crippen LogP contribution in [0.4, 0.5) is 5.95 Å². The summed E-state index contributed by atoms with van der Waals surface area (Å²) in [5.74, 6) is 2.57. The van der Waals surface area contributed by atoms with Crippen molar-refractivity contribution in [3.8, 4) is 0 Å². The molecule has 3 rings (SSSR count).